The van der Waals surface area contributed by atoms with Crippen molar-refractivity contribution in [1.82, 2.24) is 5.32 Å². The third-order valence-electron chi connectivity index (χ3n) is 7.63. The molecule has 252 valence electrons. The molecular weight excluding hydrogens is 588 g/mol. The van der Waals surface area contributed by atoms with Crippen LogP contribution >= 0.6 is 0 Å². The standard InChI is InChI=1S/C36H50N2O8/c1-4-6-8-11-14-17-29(39)18-15-12-9-10-13-16-19-31(36(44,24-25-37)35(42)43)33(40)38-32(34(41)45-3)27-28-20-22-30(23-21-28)46-26-7-5-2/h16,19-23,31-32,44H,4,6,8-15,17-18,24,26-27H2,1-3H3,(H,38,40)(H,42,43)/b19-16+/t31-,32+,36+/m1/s1. The fourth-order valence-corrected chi connectivity index (χ4v) is 4.87. The number of Topliss-reactive ketones (excluding diaryl/α,β-unsaturated/α-hetero) is 1. The highest BCUT2D eigenvalue weighted by atomic mass is 16.5. The zero-order valence-corrected chi connectivity index (χ0v) is 27.5. The van der Waals surface area contributed by atoms with Crippen molar-refractivity contribution in [3.8, 4) is 23.7 Å². The molecule has 0 radical (unpaired) electrons. The topological polar surface area (TPSA) is 163 Å². The largest absolute Gasteiger partial charge is 0.481 e. The van der Waals surface area contributed by atoms with Crippen LogP contribution in [0.2, 0.25) is 0 Å². The zero-order valence-electron chi connectivity index (χ0n) is 27.5. The number of benzene rings is 1. The Balaban J connectivity index is 2.83. The lowest BCUT2D eigenvalue weighted by Crippen LogP contribution is -2.54. The number of hydrogen-bond acceptors (Lipinski definition) is 8. The Kier molecular flexibility index (Phi) is 20.1. The molecule has 1 aromatic rings. The van der Waals surface area contributed by atoms with E-state index < -0.39 is 41.8 Å². The van der Waals surface area contributed by atoms with E-state index in [9.17, 15) is 34.7 Å². The van der Waals surface area contributed by atoms with Gasteiger partial charge in [0.15, 0.2) is 5.60 Å². The average Bonchev–Trinajstić information content (AvgIpc) is 3.04. The van der Waals surface area contributed by atoms with E-state index in [1.54, 1.807) is 43.3 Å². The number of esters is 1. The predicted molar refractivity (Wildman–Crippen MR) is 175 cm³/mol. The lowest BCUT2D eigenvalue weighted by molar-refractivity contribution is -0.166. The molecule has 3 N–H and O–H groups in total. The molecule has 0 unspecified atom stereocenters. The molecule has 0 bridgehead atoms. The first kappa shape index (κ1) is 39.9. The molecular formula is C36H50N2O8. The summed E-state index contributed by atoms with van der Waals surface area (Å²) in [5.74, 6) is 1.31. The van der Waals surface area contributed by atoms with Crippen molar-refractivity contribution in [2.45, 2.75) is 115 Å². The molecule has 0 aromatic heterocycles. The van der Waals surface area contributed by atoms with Crippen LogP contribution in [0.5, 0.6) is 5.75 Å². The minimum atomic E-state index is -2.72. The Morgan fingerprint density at radius 2 is 1.63 bits per heavy atom. The second-order valence-electron chi connectivity index (χ2n) is 11.3. The van der Waals surface area contributed by atoms with E-state index in [1.165, 1.54) is 32.4 Å². The third kappa shape index (κ3) is 15.2. The van der Waals surface area contributed by atoms with Crippen LogP contribution in [0.1, 0.15) is 103 Å². The van der Waals surface area contributed by atoms with Gasteiger partial charge >= 0.3 is 11.9 Å². The number of rotatable bonds is 24. The highest BCUT2D eigenvalue weighted by molar-refractivity contribution is 5.93. The van der Waals surface area contributed by atoms with Crippen molar-refractivity contribution in [3.05, 3.63) is 42.0 Å². The summed E-state index contributed by atoms with van der Waals surface area (Å²) in [4.78, 5) is 50.2. The number of carbonyl (C=O) groups excluding carboxylic acids is 3. The number of hydrogen-bond donors (Lipinski definition) is 3. The van der Waals surface area contributed by atoms with Gasteiger partial charge in [-0.2, -0.15) is 5.26 Å². The quantitative estimate of drug-likeness (QED) is 0.0577. The normalized spacial score (nSPS) is 13.4. The molecule has 1 aromatic carbocycles. The van der Waals surface area contributed by atoms with Gasteiger partial charge in [0.1, 0.15) is 24.2 Å². The predicted octanol–water partition coefficient (Wildman–Crippen LogP) is 5.46. The second-order valence-corrected chi connectivity index (χ2v) is 11.3. The maximum absolute atomic E-state index is 13.4. The van der Waals surface area contributed by atoms with Gasteiger partial charge in [0.25, 0.3) is 0 Å². The number of nitriles is 1. The van der Waals surface area contributed by atoms with Crippen LogP contribution in [0.15, 0.2) is 36.4 Å². The van der Waals surface area contributed by atoms with Gasteiger partial charge < -0.3 is 25.0 Å². The van der Waals surface area contributed by atoms with E-state index in [0.717, 1.165) is 38.5 Å². The lowest BCUT2D eigenvalue weighted by atomic mass is 9.83. The van der Waals surface area contributed by atoms with Crippen LogP contribution in [0.25, 0.3) is 0 Å². The molecule has 0 aliphatic rings. The van der Waals surface area contributed by atoms with E-state index in [1.807, 2.05) is 0 Å². The number of amides is 1. The summed E-state index contributed by atoms with van der Waals surface area (Å²) >= 11 is 0. The summed E-state index contributed by atoms with van der Waals surface area (Å²) in [5.41, 5.74) is -2.05. The maximum atomic E-state index is 13.4. The number of carbonyl (C=O) groups is 4. The number of carboxylic acids is 1. The minimum Gasteiger partial charge on any atom is -0.481 e. The molecule has 0 saturated heterocycles. The van der Waals surface area contributed by atoms with Crippen molar-refractivity contribution < 1.29 is 38.9 Å². The Labute approximate surface area is 273 Å². The smallest absolute Gasteiger partial charge is 0.337 e. The first-order valence-electron chi connectivity index (χ1n) is 16.1. The van der Waals surface area contributed by atoms with E-state index in [4.69, 9.17) is 9.47 Å². The molecule has 3 atom stereocenters. The number of nitrogens with zero attached hydrogens (tertiary/aromatic N) is 1. The summed E-state index contributed by atoms with van der Waals surface area (Å²) < 4.78 is 10.4. The lowest BCUT2D eigenvalue weighted by Gasteiger charge is -2.29. The molecule has 0 aliphatic carbocycles. The maximum Gasteiger partial charge on any atom is 0.337 e. The summed E-state index contributed by atoms with van der Waals surface area (Å²) in [6, 6.07) is 7.26. The van der Waals surface area contributed by atoms with Gasteiger partial charge in [0.05, 0.1) is 25.5 Å². The summed E-state index contributed by atoms with van der Waals surface area (Å²) in [6.07, 6.45) is 12.6. The van der Waals surface area contributed by atoms with Crippen molar-refractivity contribution in [2.24, 2.45) is 5.92 Å². The average molecular weight is 639 g/mol. The van der Waals surface area contributed by atoms with Crippen molar-refractivity contribution >= 4 is 23.6 Å². The third-order valence-corrected chi connectivity index (χ3v) is 7.63. The van der Waals surface area contributed by atoms with Gasteiger partial charge in [-0.3, -0.25) is 9.59 Å². The number of ether oxygens (including phenoxy) is 2. The number of allylic oxidation sites excluding steroid dienone is 1. The molecule has 0 aliphatic heterocycles. The summed E-state index contributed by atoms with van der Waals surface area (Å²) in [7, 11) is 1.17. The first-order valence-corrected chi connectivity index (χ1v) is 16.1. The Morgan fingerprint density at radius 3 is 2.20 bits per heavy atom. The molecule has 0 heterocycles. The fraction of sp³-hybridized carbons (Fsp3) is 0.583. The molecule has 10 heteroatoms. The van der Waals surface area contributed by atoms with E-state index >= 15 is 0 Å². The molecule has 1 amide bonds. The van der Waals surface area contributed by atoms with Crippen LogP contribution in [0.3, 0.4) is 0 Å². The number of methoxy groups -OCH3 is 1. The summed E-state index contributed by atoms with van der Waals surface area (Å²) in [6.45, 7) is 4.09. The van der Waals surface area contributed by atoms with Crippen LogP contribution in [-0.2, 0) is 30.3 Å². The number of ketones is 1. The number of carboxylic acid groups (broad SMARTS) is 1. The highest BCUT2D eigenvalue weighted by Gasteiger charge is 2.47. The van der Waals surface area contributed by atoms with Crippen molar-refractivity contribution in [2.75, 3.05) is 13.7 Å². The monoisotopic (exact) mass is 638 g/mol. The zero-order chi connectivity index (χ0) is 34.2. The summed E-state index contributed by atoms with van der Waals surface area (Å²) in [5, 5.41) is 32.5. The molecule has 0 spiro atoms. The van der Waals surface area contributed by atoms with Crippen LogP contribution in [0.4, 0.5) is 0 Å². The van der Waals surface area contributed by atoms with Gasteiger partial charge in [-0.15, -0.1) is 5.92 Å². The van der Waals surface area contributed by atoms with Crippen LogP contribution in [0, 0.1) is 29.1 Å². The van der Waals surface area contributed by atoms with E-state index in [-0.39, 0.29) is 13.0 Å². The van der Waals surface area contributed by atoms with Gasteiger partial charge in [-0.25, -0.2) is 9.59 Å². The van der Waals surface area contributed by atoms with E-state index in [0.29, 0.717) is 36.4 Å². The Hall–Kier alpha value is -4.15. The number of unbranched alkanes of at least 4 members (excludes halogenated alkanes) is 8. The van der Waals surface area contributed by atoms with Crippen molar-refractivity contribution in [1.29, 1.82) is 5.26 Å². The Morgan fingerprint density at radius 1 is 1.00 bits per heavy atom. The SMILES string of the molecule is CC#CCOc1ccc(C[C@H](NC(=O)[C@@H](/C=C/CCCCCCC(=O)CCCCCCC)[C@@](O)(CC#N)C(=O)O)C(=O)OC)cc1. The molecule has 1 rings (SSSR count). The molecule has 46 heavy (non-hydrogen) atoms. The minimum absolute atomic E-state index is 0.0228. The number of aliphatic carboxylic acids is 1. The molecule has 0 fully saturated rings. The Bertz CT molecular complexity index is 1230. The first-order chi connectivity index (χ1) is 22.1. The van der Waals surface area contributed by atoms with Crippen molar-refractivity contribution in [3.63, 3.8) is 0 Å². The van der Waals surface area contributed by atoms with Crippen LogP contribution in [-0.4, -0.2) is 59.2 Å². The van der Waals surface area contributed by atoms with E-state index in [2.05, 4.69) is 24.1 Å². The highest BCUT2D eigenvalue weighted by Crippen LogP contribution is 2.25. The molecule has 10 nitrogen and oxygen atoms in total. The number of aliphatic hydroxyl groups is 1. The fourth-order valence-electron chi connectivity index (χ4n) is 4.87. The van der Waals surface area contributed by atoms with Gasteiger partial charge in [-0.1, -0.05) is 75.7 Å². The molecule has 0 saturated carbocycles. The van der Waals surface area contributed by atoms with Gasteiger partial charge in [-0.05, 0) is 50.3 Å². The number of nitrogens with one attached hydrogen (secondary N) is 1. The second kappa shape index (κ2) is 23.2. The van der Waals surface area contributed by atoms with Gasteiger partial charge in [0.2, 0.25) is 5.91 Å². The van der Waals surface area contributed by atoms with Crippen LogP contribution < -0.4 is 10.1 Å². The van der Waals surface area contributed by atoms with Gasteiger partial charge in [0, 0.05) is 19.3 Å².